The van der Waals surface area contributed by atoms with E-state index in [1.807, 2.05) is 6.92 Å². The molecule has 4 nitrogen and oxygen atoms in total. The fourth-order valence-electron chi connectivity index (χ4n) is 2.66. The third-order valence-corrected chi connectivity index (χ3v) is 4.09. The van der Waals surface area contributed by atoms with Gasteiger partial charge in [0.05, 0.1) is 6.61 Å². The molecule has 1 aliphatic heterocycles. The Morgan fingerprint density at radius 3 is 2.50 bits per heavy atom. The Hall–Kier alpha value is -0.710. The maximum atomic E-state index is 6.33. The molecule has 1 aliphatic rings. The molecule has 20 heavy (non-hydrogen) atoms. The quantitative estimate of drug-likeness (QED) is 0.802. The van der Waals surface area contributed by atoms with Crippen molar-refractivity contribution in [2.75, 3.05) is 19.7 Å². The zero-order valence-corrected chi connectivity index (χ0v) is 13.7. The molecule has 0 aliphatic carbocycles. The van der Waals surface area contributed by atoms with E-state index in [0.717, 1.165) is 31.0 Å². The smallest absolute Gasteiger partial charge is 0.160 e. The molecule has 1 aromatic heterocycles. The van der Waals surface area contributed by atoms with Crippen LogP contribution in [0.2, 0.25) is 5.15 Å². The molecule has 0 amide bonds. The van der Waals surface area contributed by atoms with Gasteiger partial charge in [0.25, 0.3) is 0 Å². The summed E-state index contributed by atoms with van der Waals surface area (Å²) in [5.74, 6) is 1.04. The number of ether oxygens (including phenoxy) is 1. The molecule has 1 unspecified atom stereocenters. The van der Waals surface area contributed by atoms with Gasteiger partial charge in [0.1, 0.15) is 11.3 Å². The van der Waals surface area contributed by atoms with Gasteiger partial charge in [0.15, 0.2) is 5.82 Å². The van der Waals surface area contributed by atoms with Crippen molar-refractivity contribution in [1.82, 2.24) is 14.9 Å². The minimum atomic E-state index is -0.0800. The van der Waals surface area contributed by atoms with Crippen LogP contribution in [0.4, 0.5) is 0 Å². The average molecular weight is 298 g/mol. The molecule has 0 bridgehead atoms. The van der Waals surface area contributed by atoms with E-state index in [4.69, 9.17) is 16.3 Å². The number of aryl methyl sites for hydroxylation is 1. The first-order valence-corrected chi connectivity index (χ1v) is 7.67. The van der Waals surface area contributed by atoms with Gasteiger partial charge in [-0.1, -0.05) is 25.4 Å². The fraction of sp³-hybridized carbons (Fsp3) is 0.733. The Bertz CT molecular complexity index is 453. The van der Waals surface area contributed by atoms with Gasteiger partial charge in [-0.25, -0.2) is 9.97 Å². The van der Waals surface area contributed by atoms with Crippen LogP contribution in [-0.4, -0.2) is 40.6 Å². The molecule has 0 spiro atoms. The number of halogens is 1. The second-order valence-electron chi connectivity index (χ2n) is 5.97. The third-order valence-electron chi connectivity index (χ3n) is 3.80. The molecule has 1 aromatic rings. The van der Waals surface area contributed by atoms with E-state index in [1.54, 1.807) is 0 Å². The molecule has 112 valence electrons. The Morgan fingerprint density at radius 1 is 1.25 bits per heavy atom. The Balaban J connectivity index is 2.25. The molecule has 1 saturated heterocycles. The van der Waals surface area contributed by atoms with Crippen molar-refractivity contribution in [2.45, 2.75) is 52.7 Å². The second kappa shape index (κ2) is 6.37. The van der Waals surface area contributed by atoms with Crippen molar-refractivity contribution in [3.8, 4) is 0 Å². The summed E-state index contributed by atoms with van der Waals surface area (Å²) in [5, 5.41) is 0.563. The van der Waals surface area contributed by atoms with E-state index in [-0.39, 0.29) is 6.10 Å². The summed E-state index contributed by atoms with van der Waals surface area (Å²) < 4.78 is 5.83. The van der Waals surface area contributed by atoms with E-state index in [1.165, 1.54) is 0 Å². The van der Waals surface area contributed by atoms with Crippen molar-refractivity contribution >= 4 is 11.6 Å². The van der Waals surface area contributed by atoms with Gasteiger partial charge in [-0.2, -0.15) is 0 Å². The van der Waals surface area contributed by atoms with Gasteiger partial charge in [-0.15, -0.1) is 0 Å². The molecule has 0 radical (unpaired) electrons. The van der Waals surface area contributed by atoms with Crippen LogP contribution in [0.3, 0.4) is 0 Å². The summed E-state index contributed by atoms with van der Waals surface area (Å²) in [4.78, 5) is 11.5. The highest BCUT2D eigenvalue weighted by Crippen LogP contribution is 2.28. The molecule has 0 N–H and O–H groups in total. The number of hydrogen-bond acceptors (Lipinski definition) is 4. The van der Waals surface area contributed by atoms with Gasteiger partial charge >= 0.3 is 0 Å². The maximum Gasteiger partial charge on any atom is 0.160 e. The zero-order chi connectivity index (χ0) is 14.9. The predicted molar refractivity (Wildman–Crippen MR) is 81.3 cm³/mol. The van der Waals surface area contributed by atoms with Crippen LogP contribution in [0.25, 0.3) is 0 Å². The van der Waals surface area contributed by atoms with Crippen molar-refractivity contribution < 1.29 is 4.74 Å². The average Bonchev–Trinajstić information content (AvgIpc) is 2.37. The number of hydrogen-bond donors (Lipinski definition) is 0. The first-order valence-electron chi connectivity index (χ1n) is 7.29. The third kappa shape index (κ3) is 3.30. The van der Waals surface area contributed by atoms with E-state index in [0.29, 0.717) is 22.9 Å². The van der Waals surface area contributed by atoms with Crippen LogP contribution in [0.5, 0.6) is 0 Å². The molecular weight excluding hydrogens is 274 g/mol. The summed E-state index contributed by atoms with van der Waals surface area (Å²) in [6.45, 7) is 13.1. The van der Waals surface area contributed by atoms with Crippen molar-refractivity contribution in [3.05, 3.63) is 22.2 Å². The van der Waals surface area contributed by atoms with Crippen LogP contribution in [-0.2, 0) is 4.74 Å². The lowest BCUT2D eigenvalue weighted by Crippen LogP contribution is -2.42. The predicted octanol–water partition coefficient (Wildman–Crippen LogP) is 3.34. The lowest BCUT2D eigenvalue weighted by atomic mass is 10.0. The van der Waals surface area contributed by atoms with Crippen molar-refractivity contribution in [3.63, 3.8) is 0 Å². The number of nitrogens with zero attached hydrogens (tertiary/aromatic N) is 3. The monoisotopic (exact) mass is 297 g/mol. The highest BCUT2D eigenvalue weighted by molar-refractivity contribution is 6.30. The molecule has 2 heterocycles. The van der Waals surface area contributed by atoms with Gasteiger partial charge in [0, 0.05) is 30.4 Å². The largest absolute Gasteiger partial charge is 0.368 e. The highest BCUT2D eigenvalue weighted by Gasteiger charge is 2.27. The Morgan fingerprint density at radius 2 is 1.95 bits per heavy atom. The number of aromatic nitrogens is 2. The first-order chi connectivity index (χ1) is 9.40. The molecule has 1 atom stereocenters. The summed E-state index contributed by atoms with van der Waals surface area (Å²) in [6, 6.07) is 0.507. The zero-order valence-electron chi connectivity index (χ0n) is 13.0. The van der Waals surface area contributed by atoms with Crippen LogP contribution in [0.15, 0.2) is 0 Å². The Kier molecular flexibility index (Phi) is 4.99. The maximum absolute atomic E-state index is 6.33. The summed E-state index contributed by atoms with van der Waals surface area (Å²) in [5.41, 5.74) is 1.99. The summed E-state index contributed by atoms with van der Waals surface area (Å²) in [6.07, 6.45) is -0.0800. The summed E-state index contributed by atoms with van der Waals surface area (Å²) in [7, 11) is 0. The molecule has 5 heteroatoms. The molecular formula is C15H24ClN3O. The molecule has 1 fully saturated rings. The summed E-state index contributed by atoms with van der Waals surface area (Å²) >= 11 is 6.33. The van der Waals surface area contributed by atoms with E-state index >= 15 is 0 Å². The first kappa shape index (κ1) is 15.7. The van der Waals surface area contributed by atoms with E-state index < -0.39 is 0 Å². The minimum Gasteiger partial charge on any atom is -0.368 e. The second-order valence-corrected chi connectivity index (χ2v) is 6.33. The topological polar surface area (TPSA) is 38.2 Å². The van der Waals surface area contributed by atoms with Crippen molar-refractivity contribution in [1.29, 1.82) is 0 Å². The lowest BCUT2D eigenvalue weighted by molar-refractivity contribution is -0.0443. The molecule has 0 saturated carbocycles. The van der Waals surface area contributed by atoms with Gasteiger partial charge < -0.3 is 4.74 Å². The molecule has 0 aromatic carbocycles. The van der Waals surface area contributed by atoms with E-state index in [2.05, 4.69) is 42.6 Å². The standard InChI is InChI=1S/C15H24ClN3O/c1-9(2)13-11(5)17-15(18-14(13)16)12-8-19(10(3)4)6-7-20-12/h9-10,12H,6-8H2,1-5H3. The van der Waals surface area contributed by atoms with E-state index in [9.17, 15) is 0 Å². The lowest BCUT2D eigenvalue weighted by Gasteiger charge is -2.35. The van der Waals surface area contributed by atoms with Gasteiger partial charge in [-0.05, 0) is 26.7 Å². The van der Waals surface area contributed by atoms with Crippen LogP contribution >= 0.6 is 11.6 Å². The van der Waals surface area contributed by atoms with Crippen LogP contribution < -0.4 is 0 Å². The number of morpholine rings is 1. The Labute approximate surface area is 126 Å². The molecule has 2 rings (SSSR count). The van der Waals surface area contributed by atoms with Crippen molar-refractivity contribution in [2.24, 2.45) is 0 Å². The normalized spacial score (nSPS) is 20.9. The van der Waals surface area contributed by atoms with Crippen LogP contribution in [0, 0.1) is 6.92 Å². The number of rotatable bonds is 3. The van der Waals surface area contributed by atoms with Gasteiger partial charge in [0.2, 0.25) is 0 Å². The van der Waals surface area contributed by atoms with Gasteiger partial charge in [-0.3, -0.25) is 4.90 Å². The van der Waals surface area contributed by atoms with Crippen LogP contribution in [0.1, 0.15) is 56.8 Å². The highest BCUT2D eigenvalue weighted by atomic mass is 35.5. The minimum absolute atomic E-state index is 0.0800. The SMILES string of the molecule is Cc1nc(C2CN(C(C)C)CCO2)nc(Cl)c1C(C)C. The fourth-order valence-corrected chi connectivity index (χ4v) is 3.10.